The third kappa shape index (κ3) is 2.57. The second-order valence-electron chi connectivity index (χ2n) is 3.60. The third-order valence-corrected chi connectivity index (χ3v) is 2.39. The first-order valence-electron chi connectivity index (χ1n) is 5.07. The second-order valence-corrected chi connectivity index (χ2v) is 3.60. The minimum Gasteiger partial charge on any atom is -0.365 e. The fourth-order valence-corrected chi connectivity index (χ4v) is 1.55. The predicted octanol–water partition coefficient (Wildman–Crippen LogP) is 2.35. The summed E-state index contributed by atoms with van der Waals surface area (Å²) in [5, 5.41) is 10.6. The Hall–Kier alpha value is -2.43. The Kier molecular flexibility index (Phi) is 3.00. The van der Waals surface area contributed by atoms with E-state index in [0.29, 0.717) is 5.56 Å². The van der Waals surface area contributed by atoms with Crippen LogP contribution in [0, 0.1) is 10.1 Å². The van der Waals surface area contributed by atoms with E-state index in [4.69, 9.17) is 0 Å². The number of nitrogens with zero attached hydrogens (tertiary/aromatic N) is 1. The van der Waals surface area contributed by atoms with Crippen molar-refractivity contribution in [2.75, 3.05) is 0 Å². The fourth-order valence-electron chi connectivity index (χ4n) is 1.55. The highest BCUT2D eigenvalue weighted by atomic mass is 16.6. The number of nitro benzene ring substituents is 1. The van der Waals surface area contributed by atoms with Gasteiger partial charge in [-0.15, -0.1) is 0 Å². The van der Waals surface area contributed by atoms with Crippen molar-refractivity contribution < 1.29 is 9.72 Å². The zero-order valence-corrected chi connectivity index (χ0v) is 8.92. The Bertz CT molecular complexity index is 547. The van der Waals surface area contributed by atoms with Crippen molar-refractivity contribution in [3.63, 3.8) is 0 Å². The van der Waals surface area contributed by atoms with E-state index < -0.39 is 4.92 Å². The van der Waals surface area contributed by atoms with Crippen LogP contribution in [0.25, 0.3) is 0 Å². The van der Waals surface area contributed by atoms with Crippen molar-refractivity contribution in [3.8, 4) is 0 Å². The quantitative estimate of drug-likeness (QED) is 0.497. The zero-order valence-electron chi connectivity index (χ0n) is 8.92. The summed E-state index contributed by atoms with van der Waals surface area (Å²) in [6.07, 6.45) is 1.95. The maximum absolute atomic E-state index is 11.8. The molecule has 0 atom stereocenters. The van der Waals surface area contributed by atoms with E-state index in [9.17, 15) is 14.9 Å². The van der Waals surface area contributed by atoms with Gasteiger partial charge >= 0.3 is 0 Å². The average Bonchev–Trinajstić information content (AvgIpc) is 2.82. The molecule has 0 aliphatic carbocycles. The smallest absolute Gasteiger partial charge is 0.270 e. The second kappa shape index (κ2) is 4.61. The lowest BCUT2D eigenvalue weighted by Gasteiger charge is -1.99. The van der Waals surface area contributed by atoms with Gasteiger partial charge in [-0.1, -0.05) is 12.1 Å². The van der Waals surface area contributed by atoms with Gasteiger partial charge in [0.2, 0.25) is 0 Å². The molecule has 0 fully saturated rings. The topological polar surface area (TPSA) is 76.0 Å². The van der Waals surface area contributed by atoms with E-state index in [0.717, 1.165) is 5.69 Å². The number of carbonyl (C=O) groups excluding carboxylic acids is 1. The maximum atomic E-state index is 11.8. The number of aromatic nitrogens is 1. The number of rotatable bonds is 4. The highest BCUT2D eigenvalue weighted by Gasteiger charge is 2.12. The molecule has 0 saturated carbocycles. The van der Waals surface area contributed by atoms with E-state index in [1.165, 1.54) is 18.2 Å². The lowest BCUT2D eigenvalue weighted by molar-refractivity contribution is -0.384. The Morgan fingerprint density at radius 1 is 1.29 bits per heavy atom. The van der Waals surface area contributed by atoms with Crippen LogP contribution in [0.1, 0.15) is 16.1 Å². The fraction of sp³-hybridized carbons (Fsp3) is 0.0833. The first-order chi connectivity index (χ1) is 8.16. The summed E-state index contributed by atoms with van der Waals surface area (Å²) < 4.78 is 0. The largest absolute Gasteiger partial charge is 0.365 e. The number of carbonyl (C=O) groups is 1. The molecule has 1 heterocycles. The summed E-state index contributed by atoms with van der Waals surface area (Å²) in [6, 6.07) is 9.36. The molecule has 2 rings (SSSR count). The molecule has 86 valence electrons. The maximum Gasteiger partial charge on any atom is 0.270 e. The molecule has 0 aliphatic heterocycles. The summed E-state index contributed by atoms with van der Waals surface area (Å²) in [5.74, 6) is -0.142. The summed E-state index contributed by atoms with van der Waals surface area (Å²) in [7, 11) is 0. The SMILES string of the molecule is O=C(Cc1ccc[nH]1)c1cccc([N+](=O)[O-])c1. The molecule has 1 N–H and O–H groups in total. The molecule has 1 aromatic heterocycles. The van der Waals surface area contributed by atoms with Crippen LogP contribution in [0.3, 0.4) is 0 Å². The highest BCUT2D eigenvalue weighted by Crippen LogP contribution is 2.14. The number of ketones is 1. The van der Waals surface area contributed by atoms with Gasteiger partial charge in [0.25, 0.3) is 5.69 Å². The summed E-state index contributed by atoms with van der Waals surface area (Å²) in [6.45, 7) is 0. The van der Waals surface area contributed by atoms with E-state index in [1.807, 2.05) is 0 Å². The Labute approximate surface area is 97.2 Å². The number of nitrogens with one attached hydrogen (secondary N) is 1. The number of Topliss-reactive ketones (excluding diaryl/α,β-unsaturated/α-hetero) is 1. The summed E-state index contributed by atoms with van der Waals surface area (Å²) in [4.78, 5) is 24.8. The Morgan fingerprint density at radius 2 is 2.12 bits per heavy atom. The van der Waals surface area contributed by atoms with Crippen molar-refractivity contribution in [3.05, 3.63) is 64.0 Å². The van der Waals surface area contributed by atoms with Gasteiger partial charge in [-0.05, 0) is 12.1 Å². The van der Waals surface area contributed by atoms with Crippen molar-refractivity contribution >= 4 is 11.5 Å². The minimum atomic E-state index is -0.509. The van der Waals surface area contributed by atoms with Crippen LogP contribution >= 0.6 is 0 Å². The van der Waals surface area contributed by atoms with E-state index in [2.05, 4.69) is 4.98 Å². The number of non-ortho nitro benzene ring substituents is 1. The molecular formula is C12H10N2O3. The Balaban J connectivity index is 2.19. The molecule has 0 unspecified atom stereocenters. The van der Waals surface area contributed by atoms with Crippen molar-refractivity contribution in [2.45, 2.75) is 6.42 Å². The van der Waals surface area contributed by atoms with Gasteiger partial charge in [-0.25, -0.2) is 0 Å². The third-order valence-electron chi connectivity index (χ3n) is 2.39. The molecule has 2 aromatic rings. The number of H-pyrrole nitrogens is 1. The van der Waals surface area contributed by atoms with Crippen LogP contribution in [0.5, 0.6) is 0 Å². The van der Waals surface area contributed by atoms with E-state index in [1.54, 1.807) is 24.4 Å². The van der Waals surface area contributed by atoms with Crippen LogP contribution in [-0.4, -0.2) is 15.7 Å². The van der Waals surface area contributed by atoms with Gasteiger partial charge < -0.3 is 4.98 Å². The monoisotopic (exact) mass is 230 g/mol. The van der Waals surface area contributed by atoms with Crippen molar-refractivity contribution in [1.29, 1.82) is 0 Å². The van der Waals surface area contributed by atoms with Crippen LogP contribution in [0.2, 0.25) is 0 Å². The standard InChI is InChI=1S/C12H10N2O3/c15-12(8-10-4-2-6-13-10)9-3-1-5-11(7-9)14(16)17/h1-7,13H,8H2. The van der Waals surface area contributed by atoms with Gasteiger partial charge in [0.15, 0.2) is 5.78 Å². The summed E-state index contributed by atoms with van der Waals surface area (Å²) in [5.41, 5.74) is 1.08. The van der Waals surface area contributed by atoms with Gasteiger partial charge in [-0.2, -0.15) is 0 Å². The zero-order chi connectivity index (χ0) is 12.3. The molecule has 0 radical (unpaired) electrons. The molecule has 5 nitrogen and oxygen atoms in total. The predicted molar refractivity (Wildman–Crippen MR) is 61.9 cm³/mol. The van der Waals surface area contributed by atoms with Crippen molar-refractivity contribution in [1.82, 2.24) is 4.98 Å². The molecule has 0 amide bonds. The van der Waals surface area contributed by atoms with E-state index in [-0.39, 0.29) is 17.9 Å². The first kappa shape index (κ1) is 11.1. The molecular weight excluding hydrogens is 220 g/mol. The average molecular weight is 230 g/mol. The Morgan fingerprint density at radius 3 is 2.76 bits per heavy atom. The van der Waals surface area contributed by atoms with Crippen LogP contribution < -0.4 is 0 Å². The molecule has 17 heavy (non-hydrogen) atoms. The molecule has 1 aromatic carbocycles. The molecule has 5 heteroatoms. The van der Waals surface area contributed by atoms with E-state index >= 15 is 0 Å². The lowest BCUT2D eigenvalue weighted by atomic mass is 10.1. The number of hydrogen-bond acceptors (Lipinski definition) is 3. The normalized spacial score (nSPS) is 10.1. The van der Waals surface area contributed by atoms with Gasteiger partial charge in [-0.3, -0.25) is 14.9 Å². The first-order valence-corrected chi connectivity index (χ1v) is 5.07. The summed E-state index contributed by atoms with van der Waals surface area (Å²) >= 11 is 0. The van der Waals surface area contributed by atoms with Gasteiger partial charge in [0.1, 0.15) is 0 Å². The molecule has 0 aliphatic rings. The van der Waals surface area contributed by atoms with Crippen LogP contribution in [-0.2, 0) is 6.42 Å². The number of hydrogen-bond donors (Lipinski definition) is 1. The van der Waals surface area contributed by atoms with Crippen molar-refractivity contribution in [2.24, 2.45) is 0 Å². The van der Waals surface area contributed by atoms with Gasteiger partial charge in [0, 0.05) is 29.6 Å². The highest BCUT2D eigenvalue weighted by molar-refractivity contribution is 5.97. The molecule has 0 spiro atoms. The lowest BCUT2D eigenvalue weighted by Crippen LogP contribution is -2.04. The number of aromatic amines is 1. The number of nitro groups is 1. The van der Waals surface area contributed by atoms with Crippen LogP contribution in [0.15, 0.2) is 42.6 Å². The van der Waals surface area contributed by atoms with Gasteiger partial charge in [0.05, 0.1) is 11.3 Å². The minimum absolute atomic E-state index is 0.0673. The molecule has 0 bridgehead atoms. The van der Waals surface area contributed by atoms with Crippen LogP contribution in [0.4, 0.5) is 5.69 Å². The molecule has 0 saturated heterocycles. The number of benzene rings is 1.